The first-order valence-electron chi connectivity index (χ1n) is 7.45. The number of rotatable bonds is 0. The van der Waals surface area contributed by atoms with E-state index in [0.717, 1.165) is 25.7 Å². The molecule has 1 atom stereocenters. The molecular weight excluding hydrogens is 208 g/mol. The number of hydrogen-bond acceptors (Lipinski definition) is 1. The summed E-state index contributed by atoms with van der Waals surface area (Å²) in [6.45, 7) is 2.19. The van der Waals surface area contributed by atoms with Crippen molar-refractivity contribution in [2.45, 2.75) is 77.6 Å². The summed E-state index contributed by atoms with van der Waals surface area (Å²) in [6.07, 6.45) is 17.6. The van der Waals surface area contributed by atoms with E-state index >= 15 is 0 Å². The number of allylic oxidation sites excluding steroid dienone is 2. The van der Waals surface area contributed by atoms with Crippen molar-refractivity contribution >= 4 is 5.78 Å². The van der Waals surface area contributed by atoms with Crippen LogP contribution in [0.3, 0.4) is 0 Å². The molecule has 1 aliphatic carbocycles. The second-order valence-electron chi connectivity index (χ2n) is 5.57. The SMILES string of the molecule is C[C@@H]1CC=CCCCCCCCCCC(=O)C1. The van der Waals surface area contributed by atoms with Gasteiger partial charge in [0, 0.05) is 12.8 Å². The summed E-state index contributed by atoms with van der Waals surface area (Å²) >= 11 is 0. The molecule has 0 amide bonds. The van der Waals surface area contributed by atoms with Gasteiger partial charge in [-0.3, -0.25) is 4.79 Å². The minimum absolute atomic E-state index is 0.473. The van der Waals surface area contributed by atoms with Crippen LogP contribution < -0.4 is 0 Å². The normalized spacial score (nSPS) is 26.2. The van der Waals surface area contributed by atoms with Gasteiger partial charge in [-0.05, 0) is 31.6 Å². The van der Waals surface area contributed by atoms with Gasteiger partial charge in [-0.15, -0.1) is 0 Å². The van der Waals surface area contributed by atoms with Crippen molar-refractivity contribution in [3.05, 3.63) is 12.2 Å². The number of carbonyl (C=O) groups is 1. The number of ketones is 1. The average molecular weight is 236 g/mol. The van der Waals surface area contributed by atoms with Gasteiger partial charge in [-0.2, -0.15) is 0 Å². The Morgan fingerprint density at radius 2 is 1.59 bits per heavy atom. The molecule has 1 aliphatic rings. The van der Waals surface area contributed by atoms with Crippen LogP contribution in [-0.4, -0.2) is 5.78 Å². The van der Waals surface area contributed by atoms with E-state index in [1.165, 1.54) is 44.9 Å². The molecule has 1 heteroatoms. The fourth-order valence-electron chi connectivity index (χ4n) is 2.49. The Labute approximate surface area is 107 Å². The van der Waals surface area contributed by atoms with Gasteiger partial charge < -0.3 is 0 Å². The van der Waals surface area contributed by atoms with Crippen molar-refractivity contribution in [3.63, 3.8) is 0 Å². The topological polar surface area (TPSA) is 17.1 Å². The largest absolute Gasteiger partial charge is 0.300 e. The lowest BCUT2D eigenvalue weighted by Crippen LogP contribution is -2.04. The lowest BCUT2D eigenvalue weighted by Gasteiger charge is -2.07. The zero-order valence-corrected chi connectivity index (χ0v) is 11.4. The van der Waals surface area contributed by atoms with Crippen LogP contribution in [0.5, 0.6) is 0 Å². The van der Waals surface area contributed by atoms with Crippen LogP contribution in [0.4, 0.5) is 0 Å². The Morgan fingerprint density at radius 1 is 0.941 bits per heavy atom. The maximum absolute atomic E-state index is 11.7. The van der Waals surface area contributed by atoms with Crippen LogP contribution in [0.2, 0.25) is 0 Å². The predicted octanol–water partition coefficient (Wildman–Crippen LogP) is 5.05. The van der Waals surface area contributed by atoms with Crippen LogP contribution in [0.25, 0.3) is 0 Å². The number of Topliss-reactive ketones (excluding diaryl/α,β-unsaturated/α-hetero) is 1. The molecule has 0 radical (unpaired) electrons. The Kier molecular flexibility index (Phi) is 8.04. The molecule has 0 saturated carbocycles. The summed E-state index contributed by atoms with van der Waals surface area (Å²) in [6, 6.07) is 0. The molecule has 1 rings (SSSR count). The Morgan fingerprint density at radius 3 is 2.35 bits per heavy atom. The molecule has 0 N–H and O–H groups in total. The fraction of sp³-hybridized carbons (Fsp3) is 0.812. The van der Waals surface area contributed by atoms with Gasteiger partial charge in [0.25, 0.3) is 0 Å². The lowest BCUT2D eigenvalue weighted by molar-refractivity contribution is -0.119. The van der Waals surface area contributed by atoms with Gasteiger partial charge in [0.2, 0.25) is 0 Å². The molecule has 0 aromatic carbocycles. The average Bonchev–Trinajstić information content (AvgIpc) is 2.30. The monoisotopic (exact) mass is 236 g/mol. The van der Waals surface area contributed by atoms with Gasteiger partial charge >= 0.3 is 0 Å². The molecule has 0 bridgehead atoms. The van der Waals surface area contributed by atoms with Gasteiger partial charge in [-0.1, -0.05) is 51.2 Å². The molecular formula is C16H28O. The van der Waals surface area contributed by atoms with E-state index < -0.39 is 0 Å². The summed E-state index contributed by atoms with van der Waals surface area (Å²) in [7, 11) is 0. The highest BCUT2D eigenvalue weighted by molar-refractivity contribution is 5.78. The van der Waals surface area contributed by atoms with Crippen LogP contribution in [0.1, 0.15) is 77.6 Å². The van der Waals surface area contributed by atoms with Crippen molar-refractivity contribution in [2.24, 2.45) is 5.92 Å². The van der Waals surface area contributed by atoms with Crippen LogP contribution >= 0.6 is 0 Å². The third-order valence-electron chi connectivity index (χ3n) is 3.61. The predicted molar refractivity (Wildman–Crippen MR) is 74.1 cm³/mol. The molecule has 0 unspecified atom stereocenters. The zero-order chi connectivity index (χ0) is 12.3. The summed E-state index contributed by atoms with van der Waals surface area (Å²) in [5, 5.41) is 0. The molecule has 0 heterocycles. The molecule has 0 aliphatic heterocycles. The highest BCUT2D eigenvalue weighted by Gasteiger charge is 2.07. The van der Waals surface area contributed by atoms with Crippen molar-refractivity contribution in [2.75, 3.05) is 0 Å². The standard InChI is InChI=1S/C16H28O/c1-15-12-10-8-6-4-2-3-5-7-9-11-13-16(17)14-15/h8,10,15H,2-7,9,11-14H2,1H3/t15-/m1/s1. The summed E-state index contributed by atoms with van der Waals surface area (Å²) in [5.41, 5.74) is 0. The van der Waals surface area contributed by atoms with Crippen molar-refractivity contribution in [1.29, 1.82) is 0 Å². The van der Waals surface area contributed by atoms with Crippen LogP contribution in [0, 0.1) is 5.92 Å². The highest BCUT2D eigenvalue weighted by Crippen LogP contribution is 2.15. The molecule has 0 spiro atoms. The molecule has 0 aromatic rings. The first-order chi connectivity index (χ1) is 8.29. The summed E-state index contributed by atoms with van der Waals surface area (Å²) in [5.74, 6) is 1.00. The summed E-state index contributed by atoms with van der Waals surface area (Å²) in [4.78, 5) is 11.7. The van der Waals surface area contributed by atoms with Gasteiger partial charge in [0.05, 0.1) is 0 Å². The summed E-state index contributed by atoms with van der Waals surface area (Å²) < 4.78 is 0. The van der Waals surface area contributed by atoms with E-state index in [-0.39, 0.29) is 0 Å². The first kappa shape index (κ1) is 14.5. The third-order valence-corrected chi connectivity index (χ3v) is 3.61. The lowest BCUT2D eigenvalue weighted by atomic mass is 9.97. The quantitative estimate of drug-likeness (QED) is 0.538. The molecule has 0 aromatic heterocycles. The van der Waals surface area contributed by atoms with Crippen molar-refractivity contribution in [3.8, 4) is 0 Å². The van der Waals surface area contributed by atoms with Gasteiger partial charge in [-0.25, -0.2) is 0 Å². The van der Waals surface area contributed by atoms with Gasteiger partial charge in [0.15, 0.2) is 0 Å². The first-order valence-corrected chi connectivity index (χ1v) is 7.45. The zero-order valence-electron chi connectivity index (χ0n) is 11.4. The highest BCUT2D eigenvalue weighted by atomic mass is 16.1. The van der Waals surface area contributed by atoms with E-state index in [1.54, 1.807) is 0 Å². The maximum atomic E-state index is 11.7. The minimum atomic E-state index is 0.473. The number of hydrogen-bond donors (Lipinski definition) is 0. The van der Waals surface area contributed by atoms with E-state index in [0.29, 0.717) is 11.7 Å². The molecule has 1 nitrogen and oxygen atoms in total. The minimum Gasteiger partial charge on any atom is -0.300 e. The maximum Gasteiger partial charge on any atom is 0.133 e. The Hall–Kier alpha value is -0.590. The third kappa shape index (κ3) is 8.18. The molecule has 0 fully saturated rings. The smallest absolute Gasteiger partial charge is 0.133 e. The molecule has 98 valence electrons. The fourth-order valence-corrected chi connectivity index (χ4v) is 2.49. The van der Waals surface area contributed by atoms with E-state index in [4.69, 9.17) is 0 Å². The molecule has 17 heavy (non-hydrogen) atoms. The van der Waals surface area contributed by atoms with Crippen molar-refractivity contribution in [1.82, 2.24) is 0 Å². The Bertz CT molecular complexity index is 230. The van der Waals surface area contributed by atoms with E-state index in [1.807, 2.05) is 0 Å². The van der Waals surface area contributed by atoms with Gasteiger partial charge in [0.1, 0.15) is 5.78 Å². The van der Waals surface area contributed by atoms with E-state index in [9.17, 15) is 4.79 Å². The van der Waals surface area contributed by atoms with Crippen LogP contribution in [0.15, 0.2) is 12.2 Å². The second-order valence-corrected chi connectivity index (χ2v) is 5.57. The Balaban J connectivity index is 2.31. The van der Waals surface area contributed by atoms with Crippen molar-refractivity contribution < 1.29 is 4.79 Å². The number of carbonyl (C=O) groups excluding carboxylic acids is 1. The second kappa shape index (κ2) is 9.44. The van der Waals surface area contributed by atoms with E-state index in [2.05, 4.69) is 19.1 Å². The molecule has 0 saturated heterocycles. The van der Waals surface area contributed by atoms with Crippen LogP contribution in [-0.2, 0) is 4.79 Å².